The summed E-state index contributed by atoms with van der Waals surface area (Å²) in [7, 11) is 0. The fourth-order valence-corrected chi connectivity index (χ4v) is 2.46. The molecule has 0 fully saturated rings. The second kappa shape index (κ2) is 7.28. The second-order valence-corrected chi connectivity index (χ2v) is 5.53. The molecule has 104 valence electrons. The molecule has 4 nitrogen and oxygen atoms in total. The van der Waals surface area contributed by atoms with Gasteiger partial charge in [0.25, 0.3) is 6.01 Å². The van der Waals surface area contributed by atoms with E-state index in [9.17, 15) is 0 Å². The zero-order valence-electron chi connectivity index (χ0n) is 11.3. The van der Waals surface area contributed by atoms with Gasteiger partial charge in [-0.15, -0.1) is 0 Å². The van der Waals surface area contributed by atoms with Gasteiger partial charge in [-0.05, 0) is 37.0 Å². The summed E-state index contributed by atoms with van der Waals surface area (Å²) in [5.74, 6) is 1.26. The number of rotatable bonds is 8. The van der Waals surface area contributed by atoms with Crippen molar-refractivity contribution in [2.45, 2.75) is 25.7 Å². The van der Waals surface area contributed by atoms with Gasteiger partial charge in [0, 0.05) is 6.54 Å². The van der Waals surface area contributed by atoms with E-state index in [4.69, 9.17) is 10.2 Å². The normalized spacial score (nSPS) is 11.0. The number of hydrogen-bond donors (Lipinski definition) is 2. The van der Waals surface area contributed by atoms with Crippen LogP contribution in [0.15, 0.2) is 22.6 Å². The number of oxazole rings is 1. The molecule has 2 rings (SSSR count). The first-order valence-corrected chi connectivity index (χ1v) is 8.08. The molecular formula is C14H21N3OS. The predicted molar refractivity (Wildman–Crippen MR) is 83.8 cm³/mol. The van der Waals surface area contributed by atoms with Crippen molar-refractivity contribution in [3.05, 3.63) is 18.2 Å². The zero-order valence-corrected chi connectivity index (χ0v) is 12.1. The molecule has 0 aliphatic heterocycles. The number of para-hydroxylation sites is 1. The number of fused-ring (bicyclic) bond motifs is 1. The van der Waals surface area contributed by atoms with Crippen molar-refractivity contribution in [1.29, 1.82) is 0 Å². The molecule has 0 aliphatic carbocycles. The summed E-state index contributed by atoms with van der Waals surface area (Å²) in [6.45, 7) is 0.895. The van der Waals surface area contributed by atoms with Crippen molar-refractivity contribution in [3.8, 4) is 0 Å². The van der Waals surface area contributed by atoms with Gasteiger partial charge in [0.2, 0.25) is 0 Å². The minimum absolute atomic E-state index is 0.567. The van der Waals surface area contributed by atoms with Crippen LogP contribution in [-0.2, 0) is 0 Å². The first-order valence-electron chi connectivity index (χ1n) is 6.69. The third kappa shape index (κ3) is 4.06. The highest BCUT2D eigenvalue weighted by molar-refractivity contribution is 7.98. The van der Waals surface area contributed by atoms with E-state index in [-0.39, 0.29) is 0 Å². The lowest BCUT2D eigenvalue weighted by Crippen LogP contribution is -2.01. The molecule has 19 heavy (non-hydrogen) atoms. The summed E-state index contributed by atoms with van der Waals surface area (Å²) >= 11 is 1.91. The van der Waals surface area contributed by atoms with Crippen LogP contribution >= 0.6 is 11.8 Å². The molecule has 0 atom stereocenters. The van der Waals surface area contributed by atoms with E-state index >= 15 is 0 Å². The van der Waals surface area contributed by atoms with E-state index in [2.05, 4.69) is 16.6 Å². The van der Waals surface area contributed by atoms with E-state index in [1.54, 1.807) is 0 Å². The maximum absolute atomic E-state index is 5.84. The molecule has 5 heteroatoms. The summed E-state index contributed by atoms with van der Waals surface area (Å²) in [6.07, 6.45) is 7.14. The van der Waals surface area contributed by atoms with Gasteiger partial charge >= 0.3 is 0 Å². The van der Waals surface area contributed by atoms with Crippen molar-refractivity contribution < 1.29 is 4.42 Å². The Labute approximate surface area is 118 Å². The molecule has 0 unspecified atom stereocenters. The molecule has 0 saturated carbocycles. The van der Waals surface area contributed by atoms with Crippen molar-refractivity contribution in [2.75, 3.05) is 29.6 Å². The summed E-state index contributed by atoms with van der Waals surface area (Å²) in [4.78, 5) is 4.35. The fraction of sp³-hybridized carbons (Fsp3) is 0.500. The molecule has 0 radical (unpaired) electrons. The molecule has 3 N–H and O–H groups in total. The highest BCUT2D eigenvalue weighted by atomic mass is 32.2. The molecular weight excluding hydrogens is 258 g/mol. The SMILES string of the molecule is CSCCCCCCNc1nc2c(N)cccc2o1. The van der Waals surface area contributed by atoms with E-state index in [0.717, 1.165) is 24.1 Å². The van der Waals surface area contributed by atoms with E-state index in [0.29, 0.717) is 11.7 Å². The number of thioether (sulfide) groups is 1. The van der Waals surface area contributed by atoms with E-state index < -0.39 is 0 Å². The number of nitrogen functional groups attached to an aromatic ring is 1. The monoisotopic (exact) mass is 279 g/mol. The summed E-state index contributed by atoms with van der Waals surface area (Å²) in [6, 6.07) is 6.16. The number of hydrogen-bond acceptors (Lipinski definition) is 5. The number of nitrogens with one attached hydrogen (secondary N) is 1. The molecule has 1 aromatic carbocycles. The van der Waals surface area contributed by atoms with Crippen LogP contribution in [0.2, 0.25) is 0 Å². The minimum Gasteiger partial charge on any atom is -0.423 e. The first-order chi connectivity index (χ1) is 9.31. The van der Waals surface area contributed by atoms with E-state index in [1.807, 2.05) is 30.0 Å². The summed E-state index contributed by atoms with van der Waals surface area (Å²) < 4.78 is 5.59. The number of nitrogens with two attached hydrogens (primary N) is 1. The van der Waals surface area contributed by atoms with Crippen LogP contribution in [0.1, 0.15) is 25.7 Å². The van der Waals surface area contributed by atoms with Gasteiger partial charge in [-0.2, -0.15) is 16.7 Å². The number of nitrogens with zero attached hydrogens (tertiary/aromatic N) is 1. The first kappa shape index (κ1) is 14.1. The van der Waals surface area contributed by atoms with Gasteiger partial charge in [-0.1, -0.05) is 18.9 Å². The lowest BCUT2D eigenvalue weighted by molar-refractivity contribution is 0.606. The number of benzene rings is 1. The molecule has 0 amide bonds. The van der Waals surface area contributed by atoms with Gasteiger partial charge in [-0.25, -0.2) is 0 Å². The van der Waals surface area contributed by atoms with Crippen molar-refractivity contribution >= 4 is 34.6 Å². The topological polar surface area (TPSA) is 64.1 Å². The third-order valence-electron chi connectivity index (χ3n) is 3.00. The Morgan fingerprint density at radius 3 is 2.89 bits per heavy atom. The molecule has 0 aliphatic rings. The Morgan fingerprint density at radius 2 is 2.11 bits per heavy atom. The predicted octanol–water partition coefficient (Wildman–Crippen LogP) is 3.75. The fourth-order valence-electron chi connectivity index (χ4n) is 1.97. The van der Waals surface area contributed by atoms with Crippen LogP contribution in [0.4, 0.5) is 11.7 Å². The number of aromatic nitrogens is 1. The largest absolute Gasteiger partial charge is 0.423 e. The second-order valence-electron chi connectivity index (χ2n) is 4.55. The van der Waals surface area contributed by atoms with Crippen molar-refractivity contribution in [3.63, 3.8) is 0 Å². The van der Waals surface area contributed by atoms with Crippen molar-refractivity contribution in [1.82, 2.24) is 4.98 Å². The Bertz CT molecular complexity index is 512. The Hall–Kier alpha value is -1.36. The third-order valence-corrected chi connectivity index (χ3v) is 3.70. The zero-order chi connectivity index (χ0) is 13.5. The molecule has 0 saturated heterocycles. The maximum atomic E-state index is 5.84. The Balaban J connectivity index is 1.74. The van der Waals surface area contributed by atoms with Crippen LogP contribution in [0.25, 0.3) is 11.1 Å². The van der Waals surface area contributed by atoms with Crippen molar-refractivity contribution in [2.24, 2.45) is 0 Å². The summed E-state index contributed by atoms with van der Waals surface area (Å²) in [5.41, 5.74) is 7.98. The highest BCUT2D eigenvalue weighted by Gasteiger charge is 2.06. The van der Waals surface area contributed by atoms with Gasteiger partial charge in [-0.3, -0.25) is 0 Å². The Kier molecular flexibility index (Phi) is 5.39. The number of anilines is 2. The number of unbranched alkanes of at least 4 members (excludes halogenated alkanes) is 3. The van der Waals surface area contributed by atoms with E-state index in [1.165, 1.54) is 25.0 Å². The Morgan fingerprint density at radius 1 is 1.26 bits per heavy atom. The lowest BCUT2D eigenvalue weighted by Gasteiger charge is -2.01. The average molecular weight is 279 g/mol. The van der Waals surface area contributed by atoms with Crippen LogP contribution in [0, 0.1) is 0 Å². The van der Waals surface area contributed by atoms with Crippen LogP contribution < -0.4 is 11.1 Å². The standard InChI is InChI=1S/C14H21N3OS/c1-19-10-5-3-2-4-9-16-14-17-13-11(15)7-6-8-12(13)18-14/h6-8H,2-5,9-10,15H2,1H3,(H,16,17). The van der Waals surface area contributed by atoms with Gasteiger partial charge in [0.1, 0.15) is 5.52 Å². The van der Waals surface area contributed by atoms with Crippen LogP contribution in [0.5, 0.6) is 0 Å². The summed E-state index contributed by atoms with van der Waals surface area (Å²) in [5, 5.41) is 3.21. The average Bonchev–Trinajstić information content (AvgIpc) is 2.82. The lowest BCUT2D eigenvalue weighted by atomic mass is 10.2. The van der Waals surface area contributed by atoms with Gasteiger partial charge < -0.3 is 15.5 Å². The minimum atomic E-state index is 0.567. The smallest absolute Gasteiger partial charge is 0.295 e. The van der Waals surface area contributed by atoms with Gasteiger partial charge in [0.05, 0.1) is 5.69 Å². The quantitative estimate of drug-likeness (QED) is 0.569. The molecule has 0 bridgehead atoms. The molecule has 2 aromatic rings. The highest BCUT2D eigenvalue weighted by Crippen LogP contribution is 2.23. The molecule has 0 spiro atoms. The van der Waals surface area contributed by atoms with Crippen LogP contribution in [-0.4, -0.2) is 23.5 Å². The molecule has 1 heterocycles. The van der Waals surface area contributed by atoms with Crippen LogP contribution in [0.3, 0.4) is 0 Å². The maximum Gasteiger partial charge on any atom is 0.295 e. The molecule has 1 aromatic heterocycles. The van der Waals surface area contributed by atoms with Gasteiger partial charge in [0.15, 0.2) is 5.58 Å².